The van der Waals surface area contributed by atoms with E-state index in [1.807, 2.05) is 12.1 Å². The standard InChI is InChI=1S/C10H13N3O/c1-2-8-3-4-11-9(7-8)13-6-5-12-10(13)14/h3-4,7H,2,5-6H2,1H3,(H,12,14). The molecule has 74 valence electrons. The third-order valence-electron chi connectivity index (χ3n) is 2.35. The Hall–Kier alpha value is -1.58. The highest BCUT2D eigenvalue weighted by atomic mass is 16.2. The first-order valence-corrected chi connectivity index (χ1v) is 4.81. The maximum Gasteiger partial charge on any atom is 0.323 e. The van der Waals surface area contributed by atoms with Crippen molar-refractivity contribution in [1.29, 1.82) is 0 Å². The molecule has 0 aromatic carbocycles. The largest absolute Gasteiger partial charge is 0.336 e. The molecule has 2 amide bonds. The topological polar surface area (TPSA) is 45.2 Å². The monoisotopic (exact) mass is 191 g/mol. The molecule has 0 saturated carbocycles. The Labute approximate surface area is 82.9 Å². The van der Waals surface area contributed by atoms with Gasteiger partial charge in [0.2, 0.25) is 0 Å². The van der Waals surface area contributed by atoms with Crippen LogP contribution in [-0.4, -0.2) is 24.1 Å². The predicted octanol–water partition coefficient (Wildman–Crippen LogP) is 1.17. The van der Waals surface area contributed by atoms with Crippen molar-refractivity contribution in [3.8, 4) is 0 Å². The lowest BCUT2D eigenvalue weighted by molar-refractivity contribution is 0.252. The molecule has 0 atom stereocenters. The summed E-state index contributed by atoms with van der Waals surface area (Å²) in [7, 11) is 0. The van der Waals surface area contributed by atoms with Crippen LogP contribution in [0.2, 0.25) is 0 Å². The lowest BCUT2D eigenvalue weighted by atomic mass is 10.2. The Balaban J connectivity index is 2.26. The molecule has 1 aromatic rings. The number of amides is 2. The van der Waals surface area contributed by atoms with Crippen LogP contribution in [0.25, 0.3) is 0 Å². The van der Waals surface area contributed by atoms with Crippen molar-refractivity contribution in [3.63, 3.8) is 0 Å². The van der Waals surface area contributed by atoms with E-state index < -0.39 is 0 Å². The van der Waals surface area contributed by atoms with Crippen molar-refractivity contribution >= 4 is 11.8 Å². The van der Waals surface area contributed by atoms with Crippen molar-refractivity contribution in [2.45, 2.75) is 13.3 Å². The van der Waals surface area contributed by atoms with E-state index >= 15 is 0 Å². The molecule has 4 heteroatoms. The molecule has 0 spiro atoms. The molecular weight excluding hydrogens is 178 g/mol. The Morgan fingerprint density at radius 2 is 2.50 bits per heavy atom. The zero-order valence-corrected chi connectivity index (χ0v) is 8.16. The van der Waals surface area contributed by atoms with Crippen molar-refractivity contribution in [2.75, 3.05) is 18.0 Å². The second kappa shape index (κ2) is 3.65. The second-order valence-electron chi connectivity index (χ2n) is 3.26. The molecular formula is C10H13N3O. The van der Waals surface area contributed by atoms with Gasteiger partial charge in [-0.3, -0.25) is 4.90 Å². The highest BCUT2D eigenvalue weighted by Crippen LogP contribution is 2.14. The summed E-state index contributed by atoms with van der Waals surface area (Å²) in [5, 5.41) is 2.75. The van der Waals surface area contributed by atoms with Crippen molar-refractivity contribution in [3.05, 3.63) is 23.9 Å². The molecule has 0 radical (unpaired) electrons. The third kappa shape index (κ3) is 1.55. The number of pyridine rings is 1. The average Bonchev–Trinajstić information content (AvgIpc) is 2.65. The molecule has 14 heavy (non-hydrogen) atoms. The second-order valence-corrected chi connectivity index (χ2v) is 3.26. The van der Waals surface area contributed by atoms with E-state index in [1.54, 1.807) is 11.1 Å². The van der Waals surface area contributed by atoms with Crippen LogP contribution in [0.5, 0.6) is 0 Å². The van der Waals surface area contributed by atoms with Gasteiger partial charge in [-0.2, -0.15) is 0 Å². The summed E-state index contributed by atoms with van der Waals surface area (Å²) in [6.07, 6.45) is 2.71. The number of hydrogen-bond acceptors (Lipinski definition) is 2. The van der Waals surface area contributed by atoms with Gasteiger partial charge < -0.3 is 5.32 Å². The third-order valence-corrected chi connectivity index (χ3v) is 2.35. The van der Waals surface area contributed by atoms with Gasteiger partial charge >= 0.3 is 6.03 Å². The van der Waals surface area contributed by atoms with Gasteiger partial charge in [-0.05, 0) is 24.1 Å². The molecule has 1 aliphatic rings. The molecule has 2 heterocycles. The number of anilines is 1. The minimum absolute atomic E-state index is 0.0502. The SMILES string of the molecule is CCc1ccnc(N2CCNC2=O)c1. The van der Waals surface area contributed by atoms with Crippen LogP contribution in [0.15, 0.2) is 18.3 Å². The van der Waals surface area contributed by atoms with Crippen LogP contribution >= 0.6 is 0 Å². The molecule has 1 fully saturated rings. The van der Waals surface area contributed by atoms with Gasteiger partial charge in [-0.15, -0.1) is 0 Å². The van der Waals surface area contributed by atoms with E-state index in [4.69, 9.17) is 0 Å². The van der Waals surface area contributed by atoms with E-state index in [0.717, 1.165) is 12.2 Å². The summed E-state index contributed by atoms with van der Waals surface area (Å²) < 4.78 is 0. The van der Waals surface area contributed by atoms with Gasteiger partial charge in [0.15, 0.2) is 0 Å². The lowest BCUT2D eigenvalue weighted by Gasteiger charge is -2.13. The van der Waals surface area contributed by atoms with Crippen molar-refractivity contribution in [2.24, 2.45) is 0 Å². The fraction of sp³-hybridized carbons (Fsp3) is 0.400. The molecule has 2 rings (SSSR count). The van der Waals surface area contributed by atoms with E-state index in [-0.39, 0.29) is 6.03 Å². The number of aryl methyl sites for hydroxylation is 1. The van der Waals surface area contributed by atoms with Crippen molar-refractivity contribution < 1.29 is 4.79 Å². The van der Waals surface area contributed by atoms with E-state index in [9.17, 15) is 4.79 Å². The van der Waals surface area contributed by atoms with Gasteiger partial charge in [0.1, 0.15) is 5.82 Å². The number of carbonyl (C=O) groups is 1. The molecule has 1 saturated heterocycles. The number of nitrogens with zero attached hydrogens (tertiary/aromatic N) is 2. The number of urea groups is 1. The first-order chi connectivity index (χ1) is 6.81. The minimum atomic E-state index is -0.0502. The van der Waals surface area contributed by atoms with Crippen LogP contribution in [0.3, 0.4) is 0 Å². The number of aromatic nitrogens is 1. The predicted molar refractivity (Wildman–Crippen MR) is 54.4 cm³/mol. The van der Waals surface area contributed by atoms with E-state index in [0.29, 0.717) is 13.1 Å². The summed E-state index contributed by atoms with van der Waals surface area (Å²) in [5.74, 6) is 0.749. The Bertz CT molecular complexity index is 351. The van der Waals surface area contributed by atoms with Gasteiger partial charge in [-0.25, -0.2) is 9.78 Å². The van der Waals surface area contributed by atoms with Gasteiger partial charge in [-0.1, -0.05) is 6.92 Å². The number of hydrogen-bond donors (Lipinski definition) is 1. The van der Waals surface area contributed by atoms with Crippen LogP contribution in [0.1, 0.15) is 12.5 Å². The maximum absolute atomic E-state index is 11.3. The van der Waals surface area contributed by atoms with Gasteiger partial charge in [0.25, 0.3) is 0 Å². The fourth-order valence-electron chi connectivity index (χ4n) is 1.52. The molecule has 1 N–H and O–H groups in total. The lowest BCUT2D eigenvalue weighted by Crippen LogP contribution is -2.28. The summed E-state index contributed by atoms with van der Waals surface area (Å²) in [5.41, 5.74) is 1.20. The molecule has 4 nitrogen and oxygen atoms in total. The highest BCUT2D eigenvalue weighted by molar-refractivity contribution is 5.93. The van der Waals surface area contributed by atoms with Crippen molar-refractivity contribution in [1.82, 2.24) is 10.3 Å². The zero-order valence-electron chi connectivity index (χ0n) is 8.16. The van der Waals surface area contributed by atoms with Crippen LogP contribution in [0, 0.1) is 0 Å². The quantitative estimate of drug-likeness (QED) is 0.762. The van der Waals surface area contributed by atoms with E-state index in [2.05, 4.69) is 17.2 Å². The summed E-state index contributed by atoms with van der Waals surface area (Å²) in [6, 6.07) is 3.88. The summed E-state index contributed by atoms with van der Waals surface area (Å²) >= 11 is 0. The van der Waals surface area contributed by atoms with E-state index in [1.165, 1.54) is 5.56 Å². The first-order valence-electron chi connectivity index (χ1n) is 4.81. The van der Waals surface area contributed by atoms with Gasteiger partial charge in [0, 0.05) is 19.3 Å². The Kier molecular flexibility index (Phi) is 2.35. The molecule has 0 unspecified atom stereocenters. The molecule has 1 aromatic heterocycles. The smallest absolute Gasteiger partial charge is 0.323 e. The highest BCUT2D eigenvalue weighted by Gasteiger charge is 2.21. The van der Waals surface area contributed by atoms with Gasteiger partial charge in [0.05, 0.1) is 0 Å². The van der Waals surface area contributed by atoms with Crippen LogP contribution < -0.4 is 10.2 Å². The summed E-state index contributed by atoms with van der Waals surface area (Å²) in [6.45, 7) is 3.50. The zero-order chi connectivity index (χ0) is 9.97. The fourth-order valence-corrected chi connectivity index (χ4v) is 1.52. The Morgan fingerprint density at radius 3 is 3.14 bits per heavy atom. The number of nitrogens with one attached hydrogen (secondary N) is 1. The number of rotatable bonds is 2. The normalized spacial score (nSPS) is 15.8. The average molecular weight is 191 g/mol. The van der Waals surface area contributed by atoms with Crippen LogP contribution in [-0.2, 0) is 6.42 Å². The first kappa shape index (κ1) is 8.99. The molecule has 0 bridgehead atoms. The number of carbonyl (C=O) groups excluding carboxylic acids is 1. The Morgan fingerprint density at radius 1 is 1.64 bits per heavy atom. The van der Waals surface area contributed by atoms with Crippen LogP contribution in [0.4, 0.5) is 10.6 Å². The summed E-state index contributed by atoms with van der Waals surface area (Å²) in [4.78, 5) is 17.2. The minimum Gasteiger partial charge on any atom is -0.336 e. The maximum atomic E-state index is 11.3. The molecule has 1 aliphatic heterocycles. The molecule has 0 aliphatic carbocycles.